The van der Waals surface area contributed by atoms with Gasteiger partial charge in [0.25, 0.3) is 0 Å². The summed E-state index contributed by atoms with van der Waals surface area (Å²) in [6.45, 7) is 6.46. The van der Waals surface area contributed by atoms with E-state index >= 15 is 0 Å². The molecule has 0 spiro atoms. The summed E-state index contributed by atoms with van der Waals surface area (Å²) < 4.78 is 5.32. The fraction of sp³-hybridized carbons (Fsp3) is 0.500. The molecule has 0 bridgehead atoms. The first-order chi connectivity index (χ1) is 10.9. The predicted octanol–water partition coefficient (Wildman–Crippen LogP) is 3.01. The van der Waals surface area contributed by atoms with Crippen LogP contribution in [0, 0.1) is 6.92 Å². The molecule has 1 aromatic carbocycles. The van der Waals surface area contributed by atoms with Crippen LogP contribution in [-0.2, 0) is 29.0 Å². The number of ether oxygens (including phenoxy) is 1. The molecule has 1 aliphatic rings. The van der Waals surface area contributed by atoms with Crippen LogP contribution in [0.2, 0.25) is 0 Å². The van der Waals surface area contributed by atoms with Gasteiger partial charge in [-0.1, -0.05) is 18.6 Å². The number of allylic oxidation sites excluding steroid dienone is 2. The molecular weight excluding hydrogens is 294 g/mol. The van der Waals surface area contributed by atoms with E-state index in [1.807, 2.05) is 19.9 Å². The molecule has 0 amide bonds. The summed E-state index contributed by atoms with van der Waals surface area (Å²) in [5.41, 5.74) is 13.0. The van der Waals surface area contributed by atoms with E-state index in [9.17, 15) is 9.90 Å². The summed E-state index contributed by atoms with van der Waals surface area (Å²) in [5, 5.41) is 18.8. The Balaban J connectivity index is 2.35. The minimum absolute atomic E-state index is 0.133. The van der Waals surface area contributed by atoms with Crippen LogP contribution < -0.4 is 5.73 Å². The first-order valence-corrected chi connectivity index (χ1v) is 7.96. The second kappa shape index (κ2) is 7.15. The molecule has 1 aliphatic heterocycles. The summed E-state index contributed by atoms with van der Waals surface area (Å²) in [5.74, 6) is -0.792. The Kier molecular flexibility index (Phi) is 5.44. The Hall–Kier alpha value is -1.85. The average molecular weight is 319 g/mol. The molecule has 0 aliphatic carbocycles. The van der Waals surface area contributed by atoms with Gasteiger partial charge in [0.15, 0.2) is 6.29 Å². The zero-order valence-electron chi connectivity index (χ0n) is 14.0. The summed E-state index contributed by atoms with van der Waals surface area (Å²) >= 11 is 0. The minimum atomic E-state index is -0.953. The molecule has 0 fully saturated rings. The van der Waals surface area contributed by atoms with E-state index in [-0.39, 0.29) is 6.42 Å². The number of aliphatic hydroxyl groups is 1. The van der Waals surface area contributed by atoms with Gasteiger partial charge >= 0.3 is 5.97 Å². The summed E-state index contributed by atoms with van der Waals surface area (Å²) in [7, 11) is 0. The Morgan fingerprint density at radius 3 is 2.70 bits per heavy atom. The van der Waals surface area contributed by atoms with E-state index in [2.05, 4.69) is 6.92 Å². The Morgan fingerprint density at radius 2 is 2.09 bits per heavy atom. The van der Waals surface area contributed by atoms with Crippen LogP contribution in [0.4, 0.5) is 5.69 Å². The first-order valence-electron chi connectivity index (χ1n) is 7.96. The maximum atomic E-state index is 10.7. The van der Waals surface area contributed by atoms with Crippen molar-refractivity contribution in [2.24, 2.45) is 0 Å². The molecule has 5 nitrogen and oxygen atoms in total. The molecule has 1 aromatic rings. The van der Waals surface area contributed by atoms with Gasteiger partial charge in [0.2, 0.25) is 0 Å². The molecule has 0 radical (unpaired) electrons. The maximum Gasteiger partial charge on any atom is 0.303 e. The lowest BCUT2D eigenvalue weighted by Gasteiger charge is -2.19. The topological polar surface area (TPSA) is 92.8 Å². The quantitative estimate of drug-likeness (QED) is 0.553. The number of carbonyl (C=O) groups is 1. The molecule has 2 rings (SSSR count). The lowest BCUT2D eigenvalue weighted by molar-refractivity contribution is -0.136. The normalized spacial score (nSPS) is 17.4. The van der Waals surface area contributed by atoms with Crippen molar-refractivity contribution in [2.75, 3.05) is 5.73 Å². The van der Waals surface area contributed by atoms with Crippen LogP contribution in [0.25, 0.3) is 0 Å². The van der Waals surface area contributed by atoms with E-state index in [4.69, 9.17) is 15.6 Å². The monoisotopic (exact) mass is 319 g/mol. The van der Waals surface area contributed by atoms with Gasteiger partial charge in [-0.3, -0.25) is 4.79 Å². The number of aliphatic carboxylic acids is 1. The zero-order chi connectivity index (χ0) is 17.1. The largest absolute Gasteiger partial charge is 0.481 e. The predicted molar refractivity (Wildman–Crippen MR) is 89.0 cm³/mol. The van der Waals surface area contributed by atoms with Gasteiger partial charge in [-0.15, -0.1) is 0 Å². The van der Waals surface area contributed by atoms with E-state index < -0.39 is 12.3 Å². The van der Waals surface area contributed by atoms with Crippen molar-refractivity contribution in [3.05, 3.63) is 39.5 Å². The molecule has 1 atom stereocenters. The molecule has 1 heterocycles. The first kappa shape index (κ1) is 17.5. The highest BCUT2D eigenvalue weighted by Gasteiger charge is 2.29. The van der Waals surface area contributed by atoms with Gasteiger partial charge in [0.05, 0.1) is 6.61 Å². The van der Waals surface area contributed by atoms with Crippen molar-refractivity contribution in [3.63, 3.8) is 0 Å². The smallest absolute Gasteiger partial charge is 0.303 e. The van der Waals surface area contributed by atoms with Gasteiger partial charge in [0.1, 0.15) is 0 Å². The van der Waals surface area contributed by atoms with Crippen molar-refractivity contribution >= 4 is 11.7 Å². The van der Waals surface area contributed by atoms with Crippen molar-refractivity contribution in [1.82, 2.24) is 0 Å². The summed E-state index contributed by atoms with van der Waals surface area (Å²) in [6.07, 6.45) is 3.24. The van der Waals surface area contributed by atoms with Crippen LogP contribution >= 0.6 is 0 Å². The van der Waals surface area contributed by atoms with Crippen molar-refractivity contribution in [1.29, 1.82) is 0 Å². The molecule has 5 heteroatoms. The number of rotatable bonds is 6. The number of anilines is 1. The number of fused-ring (bicyclic) bond motifs is 1. The number of benzene rings is 1. The minimum Gasteiger partial charge on any atom is -0.481 e. The van der Waals surface area contributed by atoms with Gasteiger partial charge in [-0.05, 0) is 55.4 Å². The third-order valence-corrected chi connectivity index (χ3v) is 4.58. The highest BCUT2D eigenvalue weighted by molar-refractivity contribution is 5.67. The number of aliphatic hydroxyl groups excluding tert-OH is 1. The van der Waals surface area contributed by atoms with Crippen molar-refractivity contribution in [2.45, 2.75) is 59.4 Å². The Labute approximate surface area is 136 Å². The van der Waals surface area contributed by atoms with Gasteiger partial charge in [0, 0.05) is 17.7 Å². The molecule has 126 valence electrons. The zero-order valence-corrected chi connectivity index (χ0v) is 14.0. The molecule has 1 unspecified atom stereocenters. The lowest BCUT2D eigenvalue weighted by Crippen LogP contribution is -2.09. The number of carboxylic acids is 1. The second-order valence-corrected chi connectivity index (χ2v) is 6.05. The average Bonchev–Trinajstić information content (AvgIpc) is 2.89. The number of hydrogen-bond donors (Lipinski definition) is 3. The summed E-state index contributed by atoms with van der Waals surface area (Å²) in [6, 6.07) is 0. The second-order valence-electron chi connectivity index (χ2n) is 6.05. The van der Waals surface area contributed by atoms with Crippen LogP contribution in [0.5, 0.6) is 0 Å². The highest BCUT2D eigenvalue weighted by atomic mass is 16.6. The van der Waals surface area contributed by atoms with Crippen LogP contribution in [0.1, 0.15) is 60.8 Å². The molecule has 0 aromatic heterocycles. The number of carboxylic acid groups (broad SMARTS) is 1. The van der Waals surface area contributed by atoms with E-state index in [1.54, 1.807) is 0 Å². The standard InChI is InChI=1S/C18H25NO4/c1-4-12-11(3)14-9-23-18(22)16(14)17(19)13(12)7-5-10(2)6-8-15(20)21/h5,18,22H,4,6-9,19H2,1-3H3,(H,20,21)/b10-5+. The molecule has 4 N–H and O–H groups in total. The third kappa shape index (κ3) is 3.57. The van der Waals surface area contributed by atoms with Crippen molar-refractivity contribution in [3.8, 4) is 0 Å². The van der Waals surface area contributed by atoms with Crippen LogP contribution in [-0.4, -0.2) is 16.2 Å². The van der Waals surface area contributed by atoms with E-state index in [1.165, 1.54) is 5.56 Å². The molecular formula is C18H25NO4. The fourth-order valence-corrected chi connectivity index (χ4v) is 3.21. The highest BCUT2D eigenvalue weighted by Crippen LogP contribution is 2.40. The van der Waals surface area contributed by atoms with Gasteiger partial charge in [-0.25, -0.2) is 0 Å². The Morgan fingerprint density at radius 1 is 1.39 bits per heavy atom. The van der Waals surface area contributed by atoms with E-state index in [0.717, 1.165) is 28.7 Å². The number of nitrogen functional groups attached to an aromatic ring is 1. The third-order valence-electron chi connectivity index (χ3n) is 4.58. The van der Waals surface area contributed by atoms with Crippen LogP contribution in [0.15, 0.2) is 11.6 Å². The van der Waals surface area contributed by atoms with Gasteiger partial charge in [-0.2, -0.15) is 0 Å². The molecule has 0 saturated heterocycles. The molecule has 0 saturated carbocycles. The van der Waals surface area contributed by atoms with E-state index in [0.29, 0.717) is 30.7 Å². The number of hydrogen-bond acceptors (Lipinski definition) is 4. The van der Waals surface area contributed by atoms with Crippen LogP contribution in [0.3, 0.4) is 0 Å². The molecule has 23 heavy (non-hydrogen) atoms. The van der Waals surface area contributed by atoms with Gasteiger partial charge < -0.3 is 20.7 Å². The SMILES string of the molecule is CCc1c(C)c2c(c(N)c1C/C=C(\C)CCC(=O)O)C(O)OC2. The lowest BCUT2D eigenvalue weighted by atomic mass is 9.88. The van der Waals surface area contributed by atoms with Crippen molar-refractivity contribution < 1.29 is 19.7 Å². The fourth-order valence-electron chi connectivity index (χ4n) is 3.21. The summed E-state index contributed by atoms with van der Waals surface area (Å²) in [4.78, 5) is 10.7. The maximum absolute atomic E-state index is 10.7. The number of nitrogens with two attached hydrogens (primary N) is 1. The Bertz CT molecular complexity index is 649.